The molecule has 0 bridgehead atoms. The largest absolute Gasteiger partial charge is 0.390 e. The van der Waals surface area contributed by atoms with Crippen LogP contribution in [-0.4, -0.2) is 37.3 Å². The highest BCUT2D eigenvalue weighted by Crippen LogP contribution is 2.30. The van der Waals surface area contributed by atoms with Gasteiger partial charge in [0.25, 0.3) is 0 Å². The summed E-state index contributed by atoms with van der Waals surface area (Å²) in [6.07, 6.45) is -4.08. The molecule has 106 valence electrons. The Labute approximate surface area is 111 Å². The van der Waals surface area contributed by atoms with Gasteiger partial charge in [0.05, 0.1) is 6.42 Å². The number of nitrogens with zero attached hydrogens (tertiary/aromatic N) is 1. The zero-order valence-corrected chi connectivity index (χ0v) is 11.0. The maximum Gasteiger partial charge on any atom is 0.390 e. The van der Waals surface area contributed by atoms with E-state index in [9.17, 15) is 13.2 Å². The highest BCUT2D eigenvalue weighted by atomic mass is 19.4. The first-order valence-corrected chi connectivity index (χ1v) is 6.50. The minimum absolute atomic E-state index is 0.137. The van der Waals surface area contributed by atoms with Crippen LogP contribution in [0.2, 0.25) is 0 Å². The molecule has 1 heterocycles. The van der Waals surface area contributed by atoms with Crippen molar-refractivity contribution in [3.63, 3.8) is 0 Å². The molecule has 0 aliphatic carbocycles. The molecule has 1 aliphatic heterocycles. The lowest BCUT2D eigenvalue weighted by Crippen LogP contribution is -2.36. The second-order valence-corrected chi connectivity index (χ2v) is 5.20. The van der Waals surface area contributed by atoms with Crippen molar-refractivity contribution >= 4 is 0 Å². The van der Waals surface area contributed by atoms with Crippen LogP contribution in [0.25, 0.3) is 0 Å². The molecule has 0 saturated carbocycles. The molecule has 1 aromatic rings. The lowest BCUT2D eigenvalue weighted by atomic mass is 10.0. The van der Waals surface area contributed by atoms with Crippen LogP contribution in [0.3, 0.4) is 0 Å². The molecule has 2 rings (SSSR count). The molecule has 19 heavy (non-hydrogen) atoms. The zero-order valence-electron chi connectivity index (χ0n) is 11.0. The first-order valence-electron chi connectivity index (χ1n) is 6.50. The summed E-state index contributed by atoms with van der Waals surface area (Å²) in [4.78, 5) is 2.13. The second kappa shape index (κ2) is 5.92. The van der Waals surface area contributed by atoms with Gasteiger partial charge >= 0.3 is 6.18 Å². The number of halogens is 3. The molecule has 2 atom stereocenters. The fourth-order valence-electron chi connectivity index (χ4n) is 2.55. The van der Waals surface area contributed by atoms with E-state index in [2.05, 4.69) is 10.2 Å². The molecule has 1 N–H and O–H groups in total. The van der Waals surface area contributed by atoms with Crippen LogP contribution < -0.4 is 5.32 Å². The van der Waals surface area contributed by atoms with Gasteiger partial charge in [-0.3, -0.25) is 0 Å². The number of hydrogen-bond donors (Lipinski definition) is 1. The molecule has 0 radical (unpaired) electrons. The van der Waals surface area contributed by atoms with Crippen molar-refractivity contribution in [3.05, 3.63) is 35.9 Å². The van der Waals surface area contributed by atoms with Gasteiger partial charge < -0.3 is 10.2 Å². The zero-order chi connectivity index (χ0) is 13.9. The van der Waals surface area contributed by atoms with Crippen LogP contribution >= 0.6 is 0 Å². The molecule has 2 unspecified atom stereocenters. The summed E-state index contributed by atoms with van der Waals surface area (Å²) >= 11 is 0. The lowest BCUT2D eigenvalue weighted by molar-refractivity contribution is -0.140. The third kappa shape index (κ3) is 4.51. The van der Waals surface area contributed by atoms with E-state index >= 15 is 0 Å². The Kier molecular flexibility index (Phi) is 4.47. The highest BCUT2D eigenvalue weighted by molar-refractivity contribution is 5.19. The highest BCUT2D eigenvalue weighted by Gasteiger charge is 2.34. The molecule has 1 fully saturated rings. The Morgan fingerprint density at radius 1 is 1.32 bits per heavy atom. The van der Waals surface area contributed by atoms with Gasteiger partial charge in [-0.1, -0.05) is 30.3 Å². The van der Waals surface area contributed by atoms with E-state index in [1.165, 1.54) is 0 Å². The molecule has 0 spiro atoms. The molecule has 1 aliphatic rings. The fourth-order valence-corrected chi connectivity index (χ4v) is 2.55. The van der Waals surface area contributed by atoms with Crippen molar-refractivity contribution in [2.45, 2.75) is 31.1 Å². The first-order chi connectivity index (χ1) is 8.94. The maximum absolute atomic E-state index is 12.7. The number of alkyl halides is 3. The molecule has 1 aromatic carbocycles. The Morgan fingerprint density at radius 2 is 2.00 bits per heavy atom. The van der Waals surface area contributed by atoms with E-state index in [1.54, 1.807) is 24.3 Å². The van der Waals surface area contributed by atoms with Crippen molar-refractivity contribution in [2.24, 2.45) is 0 Å². The normalized spacial score (nSPS) is 22.6. The Balaban J connectivity index is 2.06. The molecular weight excluding hydrogens is 253 g/mol. The summed E-state index contributed by atoms with van der Waals surface area (Å²) in [5, 5.41) is 3.16. The van der Waals surface area contributed by atoms with Crippen LogP contribution in [-0.2, 0) is 0 Å². The third-order valence-corrected chi connectivity index (χ3v) is 3.47. The Bertz CT molecular complexity index is 391. The van der Waals surface area contributed by atoms with E-state index in [1.807, 2.05) is 13.1 Å². The number of rotatable bonds is 4. The van der Waals surface area contributed by atoms with Crippen LogP contribution in [0.1, 0.15) is 24.4 Å². The van der Waals surface area contributed by atoms with E-state index in [-0.39, 0.29) is 6.04 Å². The van der Waals surface area contributed by atoms with Gasteiger partial charge in [-0.25, -0.2) is 0 Å². The monoisotopic (exact) mass is 272 g/mol. The molecule has 0 aromatic heterocycles. The summed E-state index contributed by atoms with van der Waals surface area (Å²) < 4.78 is 38.1. The van der Waals surface area contributed by atoms with Crippen molar-refractivity contribution in [3.8, 4) is 0 Å². The summed E-state index contributed by atoms with van der Waals surface area (Å²) in [7, 11) is 1.99. The fraction of sp³-hybridized carbons (Fsp3) is 0.571. The minimum atomic E-state index is -4.15. The number of hydrogen-bond acceptors (Lipinski definition) is 2. The second-order valence-electron chi connectivity index (χ2n) is 5.20. The van der Waals surface area contributed by atoms with Gasteiger partial charge in [-0.15, -0.1) is 0 Å². The minimum Gasteiger partial charge on any atom is -0.306 e. The smallest absolute Gasteiger partial charge is 0.306 e. The first kappa shape index (κ1) is 14.3. The molecular formula is C14H19F3N2. The summed E-state index contributed by atoms with van der Waals surface area (Å²) in [6, 6.07) is 8.36. The van der Waals surface area contributed by atoms with Crippen molar-refractivity contribution in [2.75, 3.05) is 20.1 Å². The predicted octanol–water partition coefficient (Wildman–Crippen LogP) is 2.97. The number of likely N-dealkylation sites (tertiary alicyclic amines) is 1. The van der Waals surface area contributed by atoms with Gasteiger partial charge in [-0.2, -0.15) is 13.2 Å². The van der Waals surface area contributed by atoms with E-state index in [0.717, 1.165) is 19.5 Å². The van der Waals surface area contributed by atoms with Gasteiger partial charge in [-0.05, 0) is 25.6 Å². The third-order valence-electron chi connectivity index (χ3n) is 3.47. The number of benzene rings is 1. The van der Waals surface area contributed by atoms with Gasteiger partial charge in [0.1, 0.15) is 0 Å². The van der Waals surface area contributed by atoms with E-state index in [0.29, 0.717) is 5.56 Å². The quantitative estimate of drug-likeness (QED) is 0.906. The SMILES string of the molecule is CN1CCC(NC(CC(F)(F)F)c2ccccc2)C1. The summed E-state index contributed by atoms with van der Waals surface area (Å²) in [5.41, 5.74) is 0.703. The van der Waals surface area contributed by atoms with Crippen LogP contribution in [0.4, 0.5) is 13.2 Å². The molecule has 1 saturated heterocycles. The topological polar surface area (TPSA) is 15.3 Å². The Hall–Kier alpha value is -1.07. The van der Waals surface area contributed by atoms with Crippen LogP contribution in [0.5, 0.6) is 0 Å². The van der Waals surface area contributed by atoms with Gasteiger partial charge in [0.2, 0.25) is 0 Å². The summed E-state index contributed by atoms with van der Waals surface area (Å²) in [5.74, 6) is 0. The Morgan fingerprint density at radius 3 is 2.53 bits per heavy atom. The van der Waals surface area contributed by atoms with Crippen LogP contribution in [0, 0.1) is 0 Å². The van der Waals surface area contributed by atoms with E-state index in [4.69, 9.17) is 0 Å². The average molecular weight is 272 g/mol. The molecule has 5 heteroatoms. The van der Waals surface area contributed by atoms with Crippen molar-refractivity contribution < 1.29 is 13.2 Å². The molecule has 2 nitrogen and oxygen atoms in total. The van der Waals surface area contributed by atoms with Gasteiger partial charge in [0, 0.05) is 18.6 Å². The average Bonchev–Trinajstić information content (AvgIpc) is 2.73. The summed E-state index contributed by atoms with van der Waals surface area (Å²) in [6.45, 7) is 1.74. The number of likely N-dealkylation sites (N-methyl/N-ethyl adjacent to an activating group) is 1. The van der Waals surface area contributed by atoms with E-state index < -0.39 is 18.6 Å². The van der Waals surface area contributed by atoms with Crippen molar-refractivity contribution in [1.82, 2.24) is 10.2 Å². The number of nitrogens with one attached hydrogen (secondary N) is 1. The maximum atomic E-state index is 12.7. The molecule has 0 amide bonds. The van der Waals surface area contributed by atoms with Gasteiger partial charge in [0.15, 0.2) is 0 Å². The van der Waals surface area contributed by atoms with Crippen molar-refractivity contribution in [1.29, 1.82) is 0 Å². The predicted molar refractivity (Wildman–Crippen MR) is 68.9 cm³/mol. The standard InChI is InChI=1S/C14H19F3N2/c1-19-8-7-12(10-19)18-13(9-14(15,16)17)11-5-3-2-4-6-11/h2-6,12-13,18H,7-10H2,1H3. The van der Waals surface area contributed by atoms with Crippen LogP contribution in [0.15, 0.2) is 30.3 Å². The lowest BCUT2D eigenvalue weighted by Gasteiger charge is -2.24.